The minimum absolute atomic E-state index is 0.0617. The highest BCUT2D eigenvalue weighted by atomic mass is 35.5. The lowest BCUT2D eigenvalue weighted by atomic mass is 9.96. The van der Waals surface area contributed by atoms with Crippen molar-refractivity contribution in [3.8, 4) is 0 Å². The van der Waals surface area contributed by atoms with Gasteiger partial charge in [0.25, 0.3) is 0 Å². The van der Waals surface area contributed by atoms with Gasteiger partial charge < -0.3 is 4.90 Å². The first-order valence-corrected chi connectivity index (χ1v) is 12.0. The first-order valence-electron chi connectivity index (χ1n) is 10.2. The van der Waals surface area contributed by atoms with Crippen LogP contribution in [0.2, 0.25) is 5.02 Å². The van der Waals surface area contributed by atoms with Crippen molar-refractivity contribution < 1.29 is 26.4 Å². The Morgan fingerprint density at radius 2 is 1.83 bits per heavy atom. The van der Waals surface area contributed by atoms with E-state index in [1.807, 2.05) is 11.8 Å². The standard InChI is InChI=1S/C20H26ClF3N2O3S/c1-2-9-25(13-14-3-4-14)19(27)15-7-10-26(11-8-15)30(28,29)16-5-6-18(21)17(12-16)20(22,23)24/h5-6,12,14-15H,2-4,7-11,13H2,1H3. The van der Waals surface area contributed by atoms with Crippen molar-refractivity contribution in [1.82, 2.24) is 9.21 Å². The number of nitrogens with zero attached hydrogens (tertiary/aromatic N) is 2. The molecule has 168 valence electrons. The van der Waals surface area contributed by atoms with Crippen LogP contribution in [0.5, 0.6) is 0 Å². The van der Waals surface area contributed by atoms with Crippen LogP contribution in [0.15, 0.2) is 23.1 Å². The van der Waals surface area contributed by atoms with Crippen LogP contribution in [0.1, 0.15) is 44.6 Å². The third kappa shape index (κ3) is 5.29. The van der Waals surface area contributed by atoms with Gasteiger partial charge in [-0.1, -0.05) is 18.5 Å². The van der Waals surface area contributed by atoms with Crippen molar-refractivity contribution in [3.05, 3.63) is 28.8 Å². The molecule has 0 unspecified atom stereocenters. The topological polar surface area (TPSA) is 57.7 Å². The number of hydrogen-bond acceptors (Lipinski definition) is 3. The molecule has 2 fully saturated rings. The van der Waals surface area contributed by atoms with Crippen molar-refractivity contribution in [2.24, 2.45) is 11.8 Å². The molecule has 1 aromatic carbocycles. The van der Waals surface area contributed by atoms with Crippen LogP contribution in [0, 0.1) is 11.8 Å². The number of benzene rings is 1. The summed E-state index contributed by atoms with van der Waals surface area (Å²) in [6, 6.07) is 2.62. The van der Waals surface area contributed by atoms with Gasteiger partial charge in [0.2, 0.25) is 15.9 Å². The number of amides is 1. The Hall–Kier alpha value is -1.32. The minimum atomic E-state index is -4.74. The fourth-order valence-corrected chi connectivity index (χ4v) is 5.53. The molecule has 1 heterocycles. The molecule has 0 bridgehead atoms. The lowest BCUT2D eigenvalue weighted by Gasteiger charge is -2.34. The molecule has 1 amide bonds. The predicted molar refractivity (Wildman–Crippen MR) is 108 cm³/mol. The number of piperidine rings is 1. The van der Waals surface area contributed by atoms with Gasteiger partial charge in [-0.15, -0.1) is 0 Å². The summed E-state index contributed by atoms with van der Waals surface area (Å²) in [7, 11) is -4.10. The van der Waals surface area contributed by atoms with Crippen LogP contribution in [-0.2, 0) is 21.0 Å². The van der Waals surface area contributed by atoms with Crippen molar-refractivity contribution in [2.45, 2.75) is 50.1 Å². The van der Waals surface area contributed by atoms with Crippen molar-refractivity contribution in [3.63, 3.8) is 0 Å². The molecule has 10 heteroatoms. The molecule has 1 aliphatic heterocycles. The van der Waals surface area contributed by atoms with Crippen molar-refractivity contribution in [1.29, 1.82) is 0 Å². The second-order valence-electron chi connectivity index (χ2n) is 8.05. The number of sulfonamides is 1. The van der Waals surface area contributed by atoms with Gasteiger partial charge >= 0.3 is 6.18 Å². The molecule has 1 aliphatic carbocycles. The Labute approximate surface area is 180 Å². The summed E-state index contributed by atoms with van der Waals surface area (Å²) >= 11 is 5.60. The maximum Gasteiger partial charge on any atom is 0.417 e. The maximum absolute atomic E-state index is 13.1. The van der Waals surface area contributed by atoms with Gasteiger partial charge in [0, 0.05) is 32.1 Å². The Morgan fingerprint density at radius 1 is 1.20 bits per heavy atom. The molecule has 3 rings (SSSR count). The van der Waals surface area contributed by atoms with E-state index >= 15 is 0 Å². The normalized spacial score (nSPS) is 19.1. The molecule has 1 saturated carbocycles. The first kappa shape index (κ1) is 23.3. The van der Waals surface area contributed by atoms with Gasteiger partial charge in [-0.3, -0.25) is 4.79 Å². The summed E-state index contributed by atoms with van der Waals surface area (Å²) < 4.78 is 66.2. The van der Waals surface area contributed by atoms with E-state index in [1.54, 1.807) is 0 Å². The molecule has 0 N–H and O–H groups in total. The number of carbonyl (C=O) groups excluding carboxylic acids is 1. The molecular formula is C20H26ClF3N2O3S. The van der Waals surface area contributed by atoms with Gasteiger partial charge in [0.05, 0.1) is 15.5 Å². The van der Waals surface area contributed by atoms with E-state index in [9.17, 15) is 26.4 Å². The lowest BCUT2D eigenvalue weighted by molar-refractivity contribution is -0.138. The quantitative estimate of drug-likeness (QED) is 0.598. The fourth-order valence-electron chi connectivity index (χ4n) is 3.81. The zero-order chi connectivity index (χ0) is 22.1. The number of hydrogen-bond donors (Lipinski definition) is 0. The highest BCUT2D eigenvalue weighted by Gasteiger charge is 2.38. The molecule has 0 spiro atoms. The average Bonchev–Trinajstić information content (AvgIpc) is 3.50. The molecule has 0 radical (unpaired) electrons. The lowest BCUT2D eigenvalue weighted by Crippen LogP contribution is -2.45. The van der Waals surface area contributed by atoms with E-state index in [0.29, 0.717) is 31.4 Å². The van der Waals surface area contributed by atoms with E-state index in [1.165, 1.54) is 0 Å². The zero-order valence-corrected chi connectivity index (χ0v) is 18.4. The van der Waals surface area contributed by atoms with Gasteiger partial charge in [-0.2, -0.15) is 17.5 Å². The average molecular weight is 467 g/mol. The highest BCUT2D eigenvalue weighted by molar-refractivity contribution is 7.89. The smallest absolute Gasteiger partial charge is 0.342 e. The minimum Gasteiger partial charge on any atom is -0.342 e. The van der Waals surface area contributed by atoms with Gasteiger partial charge in [-0.05, 0) is 56.2 Å². The summed E-state index contributed by atoms with van der Waals surface area (Å²) in [6.07, 6.45) is -0.863. The molecule has 1 aromatic rings. The summed E-state index contributed by atoms with van der Waals surface area (Å²) in [4.78, 5) is 14.3. The van der Waals surface area contributed by atoms with Crippen LogP contribution in [0.4, 0.5) is 13.2 Å². The Kier molecular flexibility index (Phi) is 7.04. The monoisotopic (exact) mass is 466 g/mol. The molecule has 30 heavy (non-hydrogen) atoms. The molecule has 1 saturated heterocycles. The second kappa shape index (κ2) is 9.04. The van der Waals surface area contributed by atoms with Gasteiger partial charge in [-0.25, -0.2) is 8.42 Å². The highest BCUT2D eigenvalue weighted by Crippen LogP contribution is 2.37. The summed E-state index contributed by atoms with van der Waals surface area (Å²) in [5.74, 6) is 0.387. The summed E-state index contributed by atoms with van der Waals surface area (Å²) in [6.45, 7) is 3.68. The van der Waals surface area contributed by atoms with Crippen LogP contribution < -0.4 is 0 Å². The van der Waals surface area contributed by atoms with Crippen molar-refractivity contribution >= 4 is 27.5 Å². The Morgan fingerprint density at radius 3 is 2.37 bits per heavy atom. The third-order valence-corrected chi connectivity index (χ3v) is 7.89. The Bertz CT molecular complexity index is 880. The SMILES string of the molecule is CCCN(CC1CC1)C(=O)C1CCN(S(=O)(=O)c2ccc(Cl)c(C(F)(F)F)c2)CC1. The number of carbonyl (C=O) groups is 1. The van der Waals surface area contributed by atoms with Crippen molar-refractivity contribution in [2.75, 3.05) is 26.2 Å². The predicted octanol–water partition coefficient (Wildman–Crippen LogP) is 4.41. The van der Waals surface area contributed by atoms with E-state index in [-0.39, 0.29) is 24.9 Å². The second-order valence-corrected chi connectivity index (χ2v) is 10.4. The van der Waals surface area contributed by atoms with E-state index < -0.39 is 31.7 Å². The van der Waals surface area contributed by atoms with E-state index in [0.717, 1.165) is 42.2 Å². The molecule has 0 atom stereocenters. The molecule has 5 nitrogen and oxygen atoms in total. The Balaban J connectivity index is 1.68. The van der Waals surface area contributed by atoms with Crippen LogP contribution in [0.3, 0.4) is 0 Å². The van der Waals surface area contributed by atoms with Crippen LogP contribution in [0.25, 0.3) is 0 Å². The van der Waals surface area contributed by atoms with Gasteiger partial charge in [0.15, 0.2) is 0 Å². The number of rotatable bonds is 7. The first-order chi connectivity index (χ1) is 14.0. The largest absolute Gasteiger partial charge is 0.417 e. The molecule has 0 aromatic heterocycles. The summed E-state index contributed by atoms with van der Waals surface area (Å²) in [5, 5.41) is -0.544. The molecular weight excluding hydrogens is 441 g/mol. The molecule has 2 aliphatic rings. The number of halogens is 4. The van der Waals surface area contributed by atoms with E-state index in [4.69, 9.17) is 11.6 Å². The summed E-state index contributed by atoms with van der Waals surface area (Å²) in [5.41, 5.74) is -1.18. The zero-order valence-electron chi connectivity index (χ0n) is 16.8. The van der Waals surface area contributed by atoms with Crippen LogP contribution in [-0.4, -0.2) is 49.7 Å². The third-order valence-electron chi connectivity index (χ3n) is 5.66. The van der Waals surface area contributed by atoms with Crippen LogP contribution >= 0.6 is 11.6 Å². The fraction of sp³-hybridized carbons (Fsp3) is 0.650. The number of alkyl halides is 3. The van der Waals surface area contributed by atoms with E-state index in [2.05, 4.69) is 0 Å². The van der Waals surface area contributed by atoms with Gasteiger partial charge in [0.1, 0.15) is 0 Å². The maximum atomic E-state index is 13.1.